The molecule has 2 nitrogen and oxygen atoms in total. The maximum absolute atomic E-state index is 6.04. The van der Waals surface area contributed by atoms with Crippen LogP contribution in [0.5, 0.6) is 0 Å². The van der Waals surface area contributed by atoms with Gasteiger partial charge in [-0.2, -0.15) is 0 Å². The van der Waals surface area contributed by atoms with Crippen LogP contribution in [0, 0.1) is 0 Å². The summed E-state index contributed by atoms with van der Waals surface area (Å²) in [6.45, 7) is 0.814. The molecule has 0 bridgehead atoms. The summed E-state index contributed by atoms with van der Waals surface area (Å²) in [5.41, 5.74) is 8.57. The van der Waals surface area contributed by atoms with Gasteiger partial charge in [0.2, 0.25) is 0 Å². The van der Waals surface area contributed by atoms with Gasteiger partial charge in [-0.25, -0.2) is 0 Å². The molecule has 2 rings (SSSR count). The van der Waals surface area contributed by atoms with Crippen molar-refractivity contribution in [2.45, 2.75) is 19.1 Å². The topological polar surface area (TPSA) is 38.0 Å². The quantitative estimate of drug-likeness (QED) is 0.768. The van der Waals surface area contributed by atoms with Crippen molar-refractivity contribution in [2.75, 3.05) is 0 Å². The lowest BCUT2D eigenvalue weighted by atomic mass is 10.1. The lowest BCUT2D eigenvalue weighted by molar-refractivity contribution is 0.524. The molecule has 88 valence electrons. The molecule has 0 saturated heterocycles. The fourth-order valence-electron chi connectivity index (χ4n) is 1.79. The second kappa shape index (κ2) is 6.18. The van der Waals surface area contributed by atoms with Gasteiger partial charge in [-0.15, -0.1) is 0 Å². The molecule has 0 fully saturated rings. The van der Waals surface area contributed by atoms with E-state index in [-0.39, 0.29) is 6.17 Å². The Balaban J connectivity index is 1.80. The zero-order valence-corrected chi connectivity index (χ0v) is 9.84. The molecular formula is C15H18N2. The number of hydrogen-bond donors (Lipinski definition) is 2. The molecule has 0 aromatic heterocycles. The van der Waals surface area contributed by atoms with Crippen LogP contribution >= 0.6 is 0 Å². The molecule has 2 heteroatoms. The summed E-state index contributed by atoms with van der Waals surface area (Å²) in [6.07, 6.45) is 0.853. The molecule has 0 saturated carbocycles. The summed E-state index contributed by atoms with van der Waals surface area (Å²) in [5, 5.41) is 3.33. The normalized spacial score (nSPS) is 12.3. The predicted octanol–water partition coefficient (Wildman–Crippen LogP) is 2.30. The Kier molecular flexibility index (Phi) is 4.30. The maximum atomic E-state index is 6.04. The Morgan fingerprint density at radius 1 is 0.824 bits per heavy atom. The van der Waals surface area contributed by atoms with Gasteiger partial charge in [-0.05, 0) is 11.1 Å². The molecule has 2 aromatic rings. The molecule has 0 heterocycles. The van der Waals surface area contributed by atoms with E-state index in [4.69, 9.17) is 5.73 Å². The molecule has 2 aromatic carbocycles. The van der Waals surface area contributed by atoms with Crippen molar-refractivity contribution >= 4 is 0 Å². The van der Waals surface area contributed by atoms with Crippen LogP contribution in [0.2, 0.25) is 0 Å². The molecule has 0 radical (unpaired) electrons. The van der Waals surface area contributed by atoms with Crippen LogP contribution in [-0.2, 0) is 13.0 Å². The van der Waals surface area contributed by atoms with Crippen molar-refractivity contribution in [3.05, 3.63) is 71.8 Å². The van der Waals surface area contributed by atoms with Crippen LogP contribution in [-0.4, -0.2) is 6.17 Å². The number of hydrogen-bond acceptors (Lipinski definition) is 2. The molecule has 17 heavy (non-hydrogen) atoms. The van der Waals surface area contributed by atoms with Crippen LogP contribution in [0.3, 0.4) is 0 Å². The Bertz CT molecular complexity index is 425. The second-order valence-electron chi connectivity index (χ2n) is 4.16. The lowest BCUT2D eigenvalue weighted by Crippen LogP contribution is -2.38. The highest BCUT2D eigenvalue weighted by Crippen LogP contribution is 2.02. The van der Waals surface area contributed by atoms with Gasteiger partial charge < -0.3 is 5.73 Å². The van der Waals surface area contributed by atoms with Gasteiger partial charge in [0.25, 0.3) is 0 Å². The Hall–Kier alpha value is -1.64. The highest BCUT2D eigenvalue weighted by molar-refractivity contribution is 5.16. The summed E-state index contributed by atoms with van der Waals surface area (Å²) in [4.78, 5) is 0. The van der Waals surface area contributed by atoms with Gasteiger partial charge in [0.05, 0.1) is 6.17 Å². The van der Waals surface area contributed by atoms with Crippen LogP contribution in [0.15, 0.2) is 60.7 Å². The van der Waals surface area contributed by atoms with Crippen molar-refractivity contribution < 1.29 is 0 Å². The summed E-state index contributed by atoms with van der Waals surface area (Å²) >= 11 is 0. The Labute approximate surface area is 102 Å². The van der Waals surface area contributed by atoms with E-state index in [0.29, 0.717) is 0 Å². The highest BCUT2D eigenvalue weighted by atomic mass is 15.0. The van der Waals surface area contributed by atoms with Crippen molar-refractivity contribution in [3.8, 4) is 0 Å². The van der Waals surface area contributed by atoms with E-state index in [0.717, 1.165) is 13.0 Å². The van der Waals surface area contributed by atoms with Crippen LogP contribution in [0.1, 0.15) is 11.1 Å². The molecule has 3 N–H and O–H groups in total. The summed E-state index contributed by atoms with van der Waals surface area (Å²) in [6, 6.07) is 20.6. The van der Waals surface area contributed by atoms with E-state index in [1.165, 1.54) is 11.1 Å². The van der Waals surface area contributed by atoms with E-state index in [1.807, 2.05) is 36.4 Å². The number of benzene rings is 2. The van der Waals surface area contributed by atoms with Gasteiger partial charge in [0, 0.05) is 13.0 Å². The van der Waals surface area contributed by atoms with E-state index in [1.54, 1.807) is 0 Å². The van der Waals surface area contributed by atoms with Crippen LogP contribution in [0.4, 0.5) is 0 Å². The van der Waals surface area contributed by atoms with Gasteiger partial charge in [-0.1, -0.05) is 60.7 Å². The minimum atomic E-state index is -0.00222. The van der Waals surface area contributed by atoms with Crippen molar-refractivity contribution in [3.63, 3.8) is 0 Å². The monoisotopic (exact) mass is 226 g/mol. The van der Waals surface area contributed by atoms with Gasteiger partial charge in [-0.3, -0.25) is 5.32 Å². The largest absolute Gasteiger partial charge is 0.316 e. The standard InChI is InChI=1S/C15H18N2/c16-15(11-13-7-3-1-4-8-13)17-12-14-9-5-2-6-10-14/h1-10,15,17H,11-12,16H2. The molecule has 1 unspecified atom stereocenters. The molecule has 0 amide bonds. The third-order valence-corrected chi connectivity index (χ3v) is 2.71. The molecule has 0 aliphatic heterocycles. The number of nitrogens with two attached hydrogens (primary N) is 1. The van der Waals surface area contributed by atoms with E-state index < -0.39 is 0 Å². The van der Waals surface area contributed by atoms with Crippen molar-refractivity contribution in [1.82, 2.24) is 5.32 Å². The molecule has 0 aliphatic rings. The summed E-state index contributed by atoms with van der Waals surface area (Å²) < 4.78 is 0. The molecule has 0 aliphatic carbocycles. The van der Waals surface area contributed by atoms with Crippen molar-refractivity contribution in [2.24, 2.45) is 5.73 Å². The first-order valence-corrected chi connectivity index (χ1v) is 5.91. The maximum Gasteiger partial charge on any atom is 0.0590 e. The van der Waals surface area contributed by atoms with E-state index >= 15 is 0 Å². The first-order valence-electron chi connectivity index (χ1n) is 5.91. The SMILES string of the molecule is NC(Cc1ccccc1)NCc1ccccc1. The average Bonchev–Trinajstić information content (AvgIpc) is 2.39. The summed E-state index contributed by atoms with van der Waals surface area (Å²) in [7, 11) is 0. The molecule has 0 spiro atoms. The third-order valence-electron chi connectivity index (χ3n) is 2.71. The third kappa shape index (κ3) is 4.02. The smallest absolute Gasteiger partial charge is 0.0590 e. The second-order valence-corrected chi connectivity index (χ2v) is 4.16. The van der Waals surface area contributed by atoms with Crippen LogP contribution in [0.25, 0.3) is 0 Å². The van der Waals surface area contributed by atoms with E-state index in [9.17, 15) is 0 Å². The summed E-state index contributed by atoms with van der Waals surface area (Å²) in [5.74, 6) is 0. The fourth-order valence-corrected chi connectivity index (χ4v) is 1.79. The van der Waals surface area contributed by atoms with Crippen molar-refractivity contribution in [1.29, 1.82) is 0 Å². The van der Waals surface area contributed by atoms with Crippen LogP contribution < -0.4 is 11.1 Å². The highest BCUT2D eigenvalue weighted by Gasteiger charge is 2.02. The minimum Gasteiger partial charge on any atom is -0.316 e. The van der Waals surface area contributed by atoms with Gasteiger partial charge in [0.1, 0.15) is 0 Å². The zero-order chi connectivity index (χ0) is 11.9. The molecule has 1 atom stereocenters. The first kappa shape index (κ1) is 11.8. The number of nitrogens with one attached hydrogen (secondary N) is 1. The fraction of sp³-hybridized carbons (Fsp3) is 0.200. The predicted molar refractivity (Wildman–Crippen MR) is 71.4 cm³/mol. The first-order chi connectivity index (χ1) is 8.34. The average molecular weight is 226 g/mol. The Morgan fingerprint density at radius 3 is 1.94 bits per heavy atom. The minimum absolute atomic E-state index is 0.00222. The van der Waals surface area contributed by atoms with Gasteiger partial charge in [0.15, 0.2) is 0 Å². The number of rotatable bonds is 5. The van der Waals surface area contributed by atoms with E-state index in [2.05, 4.69) is 29.6 Å². The zero-order valence-electron chi connectivity index (χ0n) is 9.84. The Morgan fingerprint density at radius 2 is 1.35 bits per heavy atom. The lowest BCUT2D eigenvalue weighted by Gasteiger charge is -2.13. The van der Waals surface area contributed by atoms with Gasteiger partial charge >= 0.3 is 0 Å². The molecular weight excluding hydrogens is 208 g/mol.